The lowest BCUT2D eigenvalue weighted by molar-refractivity contribution is -0.137. The fourth-order valence-corrected chi connectivity index (χ4v) is 3.40. The minimum Gasteiger partial charge on any atom is -0.489 e. The Hall–Kier alpha value is -4.47. The molecule has 4 rings (SSSR count). The maximum atomic E-state index is 13.1. The molecule has 0 unspecified atom stereocenters. The van der Waals surface area contributed by atoms with Crippen molar-refractivity contribution in [3.63, 3.8) is 0 Å². The molecule has 0 radical (unpaired) electrons. The highest BCUT2D eigenvalue weighted by molar-refractivity contribution is 5.92. The zero-order chi connectivity index (χ0) is 25.7. The number of pyridine rings is 1. The van der Waals surface area contributed by atoms with Crippen LogP contribution in [0.3, 0.4) is 0 Å². The van der Waals surface area contributed by atoms with Crippen molar-refractivity contribution in [3.05, 3.63) is 117 Å². The third kappa shape index (κ3) is 5.96. The summed E-state index contributed by atoms with van der Waals surface area (Å²) in [4.78, 5) is 29.1. The Morgan fingerprint density at radius 1 is 1.03 bits per heavy atom. The van der Waals surface area contributed by atoms with E-state index < -0.39 is 28.8 Å². The highest BCUT2D eigenvalue weighted by atomic mass is 19.4. The number of hydrogen-bond donors (Lipinski definition) is 1. The highest BCUT2D eigenvalue weighted by Crippen LogP contribution is 2.30. The normalized spacial score (nSPS) is 11.2. The summed E-state index contributed by atoms with van der Waals surface area (Å²) in [6, 6.07) is 16.4. The first-order chi connectivity index (χ1) is 17.2. The van der Waals surface area contributed by atoms with Crippen LogP contribution in [0, 0.1) is 6.92 Å². The number of carbonyl (C=O) groups excluding carboxylic acids is 1. The molecule has 0 atom stereocenters. The molecule has 0 aliphatic carbocycles. The Labute approximate surface area is 204 Å². The van der Waals surface area contributed by atoms with Crippen molar-refractivity contribution >= 4 is 5.91 Å². The topological polar surface area (TPSA) is 86.1 Å². The van der Waals surface area contributed by atoms with Gasteiger partial charge in [0.2, 0.25) is 5.43 Å². The van der Waals surface area contributed by atoms with Crippen molar-refractivity contribution in [2.24, 2.45) is 0 Å². The molecule has 0 fully saturated rings. The van der Waals surface area contributed by atoms with Crippen LogP contribution in [0.15, 0.2) is 83.9 Å². The minimum absolute atomic E-state index is 0.0817. The van der Waals surface area contributed by atoms with Gasteiger partial charge in [-0.2, -0.15) is 18.3 Å². The molecule has 36 heavy (non-hydrogen) atoms. The van der Waals surface area contributed by atoms with Gasteiger partial charge in [0.25, 0.3) is 5.91 Å². The Balaban J connectivity index is 1.44. The molecule has 0 bridgehead atoms. The van der Waals surface area contributed by atoms with E-state index in [0.717, 1.165) is 34.0 Å². The lowest BCUT2D eigenvalue weighted by Gasteiger charge is -2.13. The van der Waals surface area contributed by atoms with E-state index in [4.69, 9.17) is 4.74 Å². The number of rotatable bonds is 7. The van der Waals surface area contributed by atoms with E-state index >= 15 is 0 Å². The summed E-state index contributed by atoms with van der Waals surface area (Å²) in [5.74, 6) is -0.101. The molecular formula is C26H21F3N4O3. The van der Waals surface area contributed by atoms with Crippen molar-refractivity contribution in [1.29, 1.82) is 0 Å². The van der Waals surface area contributed by atoms with Crippen molar-refractivity contribution < 1.29 is 22.7 Å². The van der Waals surface area contributed by atoms with Gasteiger partial charge < -0.3 is 10.1 Å². The Morgan fingerprint density at radius 2 is 1.81 bits per heavy atom. The molecule has 10 heteroatoms. The van der Waals surface area contributed by atoms with Gasteiger partial charge in [0.05, 0.1) is 11.3 Å². The fraction of sp³-hybridized carbons (Fsp3) is 0.154. The molecule has 0 spiro atoms. The number of nitrogens with one attached hydrogen (secondary N) is 1. The summed E-state index contributed by atoms with van der Waals surface area (Å²) in [7, 11) is 0. The maximum absolute atomic E-state index is 13.1. The van der Waals surface area contributed by atoms with Gasteiger partial charge in [-0.05, 0) is 48.9 Å². The largest absolute Gasteiger partial charge is 0.489 e. The van der Waals surface area contributed by atoms with Crippen molar-refractivity contribution in [2.45, 2.75) is 26.3 Å². The van der Waals surface area contributed by atoms with Crippen LogP contribution in [0.4, 0.5) is 13.2 Å². The molecule has 0 aliphatic rings. The van der Waals surface area contributed by atoms with Crippen molar-refractivity contribution in [3.8, 4) is 11.4 Å². The average Bonchev–Trinajstić information content (AvgIpc) is 2.87. The predicted molar refractivity (Wildman–Crippen MR) is 126 cm³/mol. The molecule has 7 nitrogen and oxygen atoms in total. The molecule has 0 saturated carbocycles. The number of ether oxygens (including phenoxy) is 1. The average molecular weight is 494 g/mol. The molecule has 0 aliphatic heterocycles. The number of halogens is 3. The van der Waals surface area contributed by atoms with Gasteiger partial charge in [0, 0.05) is 36.3 Å². The second-order valence-corrected chi connectivity index (χ2v) is 7.94. The molecule has 2 aromatic carbocycles. The number of benzene rings is 2. The first kappa shape index (κ1) is 24.6. The van der Waals surface area contributed by atoms with Gasteiger partial charge in [-0.1, -0.05) is 24.3 Å². The van der Waals surface area contributed by atoms with E-state index in [1.165, 1.54) is 19.1 Å². The van der Waals surface area contributed by atoms with E-state index in [2.05, 4.69) is 15.4 Å². The summed E-state index contributed by atoms with van der Waals surface area (Å²) in [5, 5.41) is 6.67. The third-order valence-corrected chi connectivity index (χ3v) is 5.25. The van der Waals surface area contributed by atoms with Crippen LogP contribution in [0.2, 0.25) is 0 Å². The SMILES string of the molecule is Cc1cc(=O)c(C(=O)NCc2ccc(OCc3cccnc3)cc2)nn1-c1cccc(C(F)(F)F)c1. The lowest BCUT2D eigenvalue weighted by atomic mass is 10.2. The standard InChI is InChI=1S/C26H21F3N4O3/c1-17-12-23(34)24(32-33(17)21-6-2-5-20(13-21)26(27,28)29)25(35)31-15-18-7-9-22(10-8-18)36-16-19-4-3-11-30-14-19/h2-14H,15-16H2,1H3,(H,31,35). The van der Waals surface area contributed by atoms with Crippen LogP contribution in [0.25, 0.3) is 5.69 Å². The predicted octanol–water partition coefficient (Wildman–Crippen LogP) is 4.46. The number of aromatic nitrogens is 3. The third-order valence-electron chi connectivity index (χ3n) is 5.25. The summed E-state index contributed by atoms with van der Waals surface area (Å²) >= 11 is 0. The van der Waals surface area contributed by atoms with Crippen LogP contribution in [-0.4, -0.2) is 20.7 Å². The van der Waals surface area contributed by atoms with E-state index in [1.807, 2.05) is 12.1 Å². The van der Waals surface area contributed by atoms with Gasteiger partial charge in [-0.3, -0.25) is 14.6 Å². The summed E-state index contributed by atoms with van der Waals surface area (Å²) in [5.41, 5.74) is 0.134. The number of hydrogen-bond acceptors (Lipinski definition) is 5. The number of aryl methyl sites for hydroxylation is 1. The first-order valence-electron chi connectivity index (χ1n) is 10.9. The quantitative estimate of drug-likeness (QED) is 0.410. The van der Waals surface area contributed by atoms with E-state index in [9.17, 15) is 22.8 Å². The number of carbonyl (C=O) groups is 1. The van der Waals surface area contributed by atoms with Gasteiger partial charge in [0.1, 0.15) is 12.4 Å². The summed E-state index contributed by atoms with van der Waals surface area (Å²) < 4.78 is 46.2. The fourth-order valence-electron chi connectivity index (χ4n) is 3.40. The van der Waals surface area contributed by atoms with Crippen LogP contribution in [-0.2, 0) is 19.3 Å². The molecule has 0 saturated heterocycles. The summed E-state index contributed by atoms with van der Waals surface area (Å²) in [6.07, 6.45) is -1.15. The second-order valence-electron chi connectivity index (χ2n) is 7.94. The monoisotopic (exact) mass is 494 g/mol. The molecule has 1 amide bonds. The van der Waals surface area contributed by atoms with Gasteiger partial charge in [-0.25, -0.2) is 4.68 Å². The molecule has 184 valence electrons. The van der Waals surface area contributed by atoms with Gasteiger partial charge in [0.15, 0.2) is 5.69 Å². The smallest absolute Gasteiger partial charge is 0.416 e. The van der Waals surface area contributed by atoms with Gasteiger partial charge in [-0.15, -0.1) is 0 Å². The Bertz CT molecular complexity index is 1420. The number of alkyl halides is 3. The summed E-state index contributed by atoms with van der Waals surface area (Å²) in [6.45, 7) is 2.00. The molecular weight excluding hydrogens is 473 g/mol. The first-order valence-corrected chi connectivity index (χ1v) is 10.9. The van der Waals surface area contributed by atoms with Crippen LogP contribution < -0.4 is 15.5 Å². The number of amides is 1. The molecule has 1 N–H and O–H groups in total. The highest BCUT2D eigenvalue weighted by Gasteiger charge is 2.30. The Morgan fingerprint density at radius 3 is 2.50 bits per heavy atom. The zero-order valence-electron chi connectivity index (χ0n) is 19.1. The zero-order valence-corrected chi connectivity index (χ0v) is 19.1. The van der Waals surface area contributed by atoms with E-state index in [-0.39, 0.29) is 17.9 Å². The Kier molecular flexibility index (Phi) is 7.14. The van der Waals surface area contributed by atoms with E-state index in [0.29, 0.717) is 12.4 Å². The van der Waals surface area contributed by atoms with Gasteiger partial charge >= 0.3 is 6.18 Å². The minimum atomic E-state index is -4.54. The van der Waals surface area contributed by atoms with Crippen molar-refractivity contribution in [2.75, 3.05) is 0 Å². The second kappa shape index (κ2) is 10.4. The van der Waals surface area contributed by atoms with Crippen LogP contribution >= 0.6 is 0 Å². The van der Waals surface area contributed by atoms with Crippen LogP contribution in [0.5, 0.6) is 5.75 Å². The molecule has 2 heterocycles. The van der Waals surface area contributed by atoms with E-state index in [1.54, 1.807) is 36.7 Å². The molecule has 2 aromatic heterocycles. The lowest BCUT2D eigenvalue weighted by Crippen LogP contribution is -2.31. The van der Waals surface area contributed by atoms with Crippen LogP contribution in [0.1, 0.15) is 32.9 Å². The molecule has 4 aromatic rings. The number of nitrogens with zero attached hydrogens (tertiary/aromatic N) is 3. The van der Waals surface area contributed by atoms with Crippen molar-refractivity contribution in [1.82, 2.24) is 20.1 Å². The maximum Gasteiger partial charge on any atom is 0.416 e.